The zero-order valence-corrected chi connectivity index (χ0v) is 17.3. The molecule has 1 rings (SSSR count). The first-order valence-corrected chi connectivity index (χ1v) is 11.1. The van der Waals surface area contributed by atoms with E-state index in [1.54, 1.807) is 37.3 Å². The summed E-state index contributed by atoms with van der Waals surface area (Å²) in [6.45, 7) is 1.73. The largest absolute Gasteiger partial charge is 0.479 e. The van der Waals surface area contributed by atoms with Gasteiger partial charge >= 0.3 is 6.18 Å². The molecule has 0 N–H and O–H groups in total. The first-order valence-electron chi connectivity index (χ1n) is 7.52. The summed E-state index contributed by atoms with van der Waals surface area (Å²) in [5.74, 6) is 0. The summed E-state index contributed by atoms with van der Waals surface area (Å²) in [5, 5.41) is -2.96. The van der Waals surface area contributed by atoms with Crippen LogP contribution in [-0.4, -0.2) is 49.0 Å². The summed E-state index contributed by atoms with van der Waals surface area (Å²) >= 11 is 11.3. The lowest BCUT2D eigenvalue weighted by Gasteiger charge is -2.28. The van der Waals surface area contributed by atoms with E-state index in [0.29, 0.717) is 5.69 Å². The predicted octanol–water partition coefficient (Wildman–Crippen LogP) is 4.44. The molecular weight excluding hydrogens is 431 g/mol. The maximum atomic E-state index is 12.9. The van der Waals surface area contributed by atoms with E-state index in [1.165, 1.54) is 0 Å². The Morgan fingerprint density at radius 2 is 1.92 bits per heavy atom. The molecule has 0 heterocycles. The van der Waals surface area contributed by atoms with Gasteiger partial charge in [-0.1, -0.05) is 30.0 Å². The van der Waals surface area contributed by atoms with Gasteiger partial charge in [0.1, 0.15) is 5.38 Å². The average molecular weight is 450 g/mol. The van der Waals surface area contributed by atoms with Crippen LogP contribution in [0.15, 0.2) is 30.3 Å². The van der Waals surface area contributed by atoms with Crippen LogP contribution in [-0.2, 0) is 14.8 Å². The van der Waals surface area contributed by atoms with Crippen LogP contribution in [0.1, 0.15) is 13.3 Å². The molecule has 26 heavy (non-hydrogen) atoms. The van der Waals surface area contributed by atoms with E-state index in [9.17, 15) is 21.6 Å². The van der Waals surface area contributed by atoms with Gasteiger partial charge in [-0.2, -0.15) is 13.2 Å². The number of nitrogens with zero attached hydrogens (tertiary/aromatic N) is 1. The van der Waals surface area contributed by atoms with Crippen molar-refractivity contribution in [2.75, 3.05) is 23.7 Å². The fourth-order valence-corrected chi connectivity index (χ4v) is 4.89. The molecule has 1 aromatic carbocycles. The van der Waals surface area contributed by atoms with Crippen molar-refractivity contribution in [3.05, 3.63) is 30.3 Å². The highest BCUT2D eigenvalue weighted by molar-refractivity contribution is 8.23. The Bertz CT molecular complexity index is 686. The summed E-state index contributed by atoms with van der Waals surface area (Å²) in [6.07, 6.45) is -4.12. The van der Waals surface area contributed by atoms with Gasteiger partial charge in [0, 0.05) is 11.8 Å². The van der Waals surface area contributed by atoms with Crippen molar-refractivity contribution in [2.24, 2.45) is 0 Å². The number of rotatable bonds is 8. The molecule has 0 bridgehead atoms. The zero-order valence-electron chi connectivity index (χ0n) is 14.1. The molecule has 2 atom stereocenters. The SMILES string of the molecule is CCOC(=S)SC(CC(Cl)C(F)(F)F)CN(c1ccccc1)S(C)(=O)=O. The third kappa shape index (κ3) is 7.89. The molecule has 4 nitrogen and oxygen atoms in total. The summed E-state index contributed by atoms with van der Waals surface area (Å²) in [5.41, 5.74) is 0.348. The van der Waals surface area contributed by atoms with E-state index < -0.39 is 33.2 Å². The van der Waals surface area contributed by atoms with Gasteiger partial charge in [0.2, 0.25) is 14.4 Å². The molecular formula is C15H19ClF3NO3S3. The van der Waals surface area contributed by atoms with E-state index in [0.717, 1.165) is 22.3 Å². The summed E-state index contributed by atoms with van der Waals surface area (Å²) in [6, 6.07) is 8.11. The number of ether oxygens (including phenoxy) is 1. The standard InChI is InChI=1S/C15H19ClF3NO3S3/c1-3-23-14(24)25-12(9-13(16)15(17,18)19)10-20(26(2,21)22)11-7-5-4-6-8-11/h4-8,12-13H,3,9-10H2,1-2H3. The average Bonchev–Trinajstić information content (AvgIpc) is 2.51. The van der Waals surface area contributed by atoms with E-state index in [4.69, 9.17) is 28.6 Å². The number of sulfonamides is 1. The Morgan fingerprint density at radius 3 is 2.38 bits per heavy atom. The first kappa shape index (κ1) is 23.3. The van der Waals surface area contributed by atoms with Gasteiger partial charge in [0.15, 0.2) is 0 Å². The maximum absolute atomic E-state index is 12.9. The molecule has 0 saturated carbocycles. The second-order valence-corrected chi connectivity index (χ2v) is 9.63. The van der Waals surface area contributed by atoms with Crippen LogP contribution in [0.25, 0.3) is 0 Å². The lowest BCUT2D eigenvalue weighted by molar-refractivity contribution is -0.131. The van der Waals surface area contributed by atoms with Crippen molar-refractivity contribution >= 4 is 55.7 Å². The molecule has 0 aliphatic carbocycles. The van der Waals surface area contributed by atoms with E-state index >= 15 is 0 Å². The van der Waals surface area contributed by atoms with E-state index in [2.05, 4.69) is 0 Å². The topological polar surface area (TPSA) is 46.6 Å². The number of para-hydroxylation sites is 1. The van der Waals surface area contributed by atoms with Gasteiger partial charge in [-0.15, -0.1) is 11.6 Å². The number of benzene rings is 1. The Morgan fingerprint density at radius 1 is 1.35 bits per heavy atom. The Kier molecular flexibility index (Phi) is 8.98. The van der Waals surface area contributed by atoms with Crippen LogP contribution < -0.4 is 4.31 Å². The van der Waals surface area contributed by atoms with Gasteiger partial charge in [-0.05, 0) is 37.7 Å². The highest BCUT2D eigenvalue weighted by Gasteiger charge is 2.40. The molecule has 0 amide bonds. The van der Waals surface area contributed by atoms with Crippen LogP contribution in [0, 0.1) is 0 Å². The van der Waals surface area contributed by atoms with Crippen LogP contribution in [0.3, 0.4) is 0 Å². The fraction of sp³-hybridized carbons (Fsp3) is 0.533. The summed E-state index contributed by atoms with van der Waals surface area (Å²) < 4.78 is 69.1. The van der Waals surface area contributed by atoms with Crippen molar-refractivity contribution in [1.82, 2.24) is 0 Å². The molecule has 0 aliphatic heterocycles. The molecule has 1 aromatic rings. The van der Waals surface area contributed by atoms with E-state index in [-0.39, 0.29) is 17.5 Å². The highest BCUT2D eigenvalue weighted by atomic mass is 35.5. The third-order valence-corrected chi connectivity index (χ3v) is 6.14. The molecule has 0 aliphatic rings. The monoisotopic (exact) mass is 449 g/mol. The minimum absolute atomic E-state index is 0.0463. The molecule has 0 fully saturated rings. The minimum atomic E-state index is -4.60. The molecule has 148 valence electrons. The van der Waals surface area contributed by atoms with Crippen molar-refractivity contribution in [3.63, 3.8) is 0 Å². The lowest BCUT2D eigenvalue weighted by atomic mass is 10.2. The van der Waals surface area contributed by atoms with Crippen molar-refractivity contribution in [2.45, 2.75) is 30.1 Å². The minimum Gasteiger partial charge on any atom is -0.479 e. The van der Waals surface area contributed by atoms with Crippen LogP contribution in [0.4, 0.5) is 18.9 Å². The normalized spacial score (nSPS) is 14.5. The predicted molar refractivity (Wildman–Crippen MR) is 105 cm³/mol. The Balaban J connectivity index is 3.08. The second-order valence-electron chi connectivity index (χ2n) is 5.30. The fourth-order valence-electron chi connectivity index (χ4n) is 2.02. The van der Waals surface area contributed by atoms with Gasteiger partial charge in [-0.25, -0.2) is 8.42 Å². The lowest BCUT2D eigenvalue weighted by Crippen LogP contribution is -2.38. The number of hydrogen-bond acceptors (Lipinski definition) is 5. The zero-order chi connectivity index (χ0) is 20.0. The Labute approximate surface area is 166 Å². The van der Waals surface area contributed by atoms with Crippen molar-refractivity contribution in [1.29, 1.82) is 0 Å². The van der Waals surface area contributed by atoms with Crippen LogP contribution in [0.2, 0.25) is 0 Å². The maximum Gasteiger partial charge on any atom is 0.404 e. The number of anilines is 1. The Hall–Kier alpha value is -0.710. The van der Waals surface area contributed by atoms with Crippen molar-refractivity contribution < 1.29 is 26.3 Å². The summed E-state index contributed by atoms with van der Waals surface area (Å²) in [7, 11) is -3.72. The van der Waals surface area contributed by atoms with Crippen LogP contribution in [0.5, 0.6) is 0 Å². The molecule has 11 heteroatoms. The number of thiocarbonyl (C=S) groups is 1. The molecule has 0 radical (unpaired) electrons. The van der Waals surface area contributed by atoms with Gasteiger partial charge < -0.3 is 4.74 Å². The highest BCUT2D eigenvalue weighted by Crippen LogP contribution is 2.33. The van der Waals surface area contributed by atoms with Crippen LogP contribution >= 0.6 is 35.6 Å². The first-order chi connectivity index (χ1) is 11.9. The van der Waals surface area contributed by atoms with Gasteiger partial charge in [0.25, 0.3) is 0 Å². The number of alkyl halides is 4. The van der Waals surface area contributed by atoms with Gasteiger partial charge in [-0.3, -0.25) is 4.31 Å². The van der Waals surface area contributed by atoms with E-state index in [1.807, 2.05) is 0 Å². The smallest absolute Gasteiger partial charge is 0.404 e. The summed E-state index contributed by atoms with van der Waals surface area (Å²) in [4.78, 5) is 0. The quantitative estimate of drug-likeness (QED) is 0.434. The molecule has 0 spiro atoms. The van der Waals surface area contributed by atoms with Crippen molar-refractivity contribution in [3.8, 4) is 0 Å². The molecule has 0 aromatic heterocycles. The second kappa shape index (κ2) is 10.0. The third-order valence-electron chi connectivity index (χ3n) is 3.16. The molecule has 2 unspecified atom stereocenters. The molecule has 0 saturated heterocycles. The number of halogens is 4. The number of thioether (sulfide) groups is 1. The van der Waals surface area contributed by atoms with Gasteiger partial charge in [0.05, 0.1) is 18.6 Å². The number of hydrogen-bond donors (Lipinski definition) is 0.